The molecule has 0 aliphatic heterocycles. The van der Waals surface area contributed by atoms with Crippen LogP contribution in [0, 0.1) is 5.92 Å². The van der Waals surface area contributed by atoms with E-state index in [0.717, 1.165) is 36.9 Å². The maximum absolute atomic E-state index is 12.3. The van der Waals surface area contributed by atoms with Crippen molar-refractivity contribution in [1.82, 2.24) is 10.3 Å². The number of amides is 1. The van der Waals surface area contributed by atoms with E-state index in [-0.39, 0.29) is 11.5 Å². The predicted molar refractivity (Wildman–Crippen MR) is 82.0 cm³/mol. The molecule has 0 radical (unpaired) electrons. The predicted octanol–water partition coefficient (Wildman–Crippen LogP) is 1.48. The van der Waals surface area contributed by atoms with E-state index >= 15 is 0 Å². The summed E-state index contributed by atoms with van der Waals surface area (Å²) in [6.07, 6.45) is 4.04. The molecular weight excluding hydrogens is 284 g/mol. The molecule has 1 atom stereocenters. The van der Waals surface area contributed by atoms with Crippen LogP contribution in [-0.4, -0.2) is 28.0 Å². The first-order valence-electron chi connectivity index (χ1n) is 7.67. The van der Waals surface area contributed by atoms with Gasteiger partial charge in [-0.05, 0) is 49.7 Å². The number of aromatic nitrogens is 1. The number of rotatable bonds is 5. The second-order valence-electron chi connectivity index (χ2n) is 6.22. The number of hydrogen-bond acceptors (Lipinski definition) is 3. The Balaban J connectivity index is 2.21. The van der Waals surface area contributed by atoms with Crippen LogP contribution in [0.5, 0.6) is 0 Å². The minimum atomic E-state index is -1.09. The van der Waals surface area contributed by atoms with Crippen LogP contribution in [0.4, 0.5) is 0 Å². The zero-order chi connectivity index (χ0) is 16.3. The van der Waals surface area contributed by atoms with Crippen LogP contribution in [0.2, 0.25) is 0 Å². The van der Waals surface area contributed by atoms with Gasteiger partial charge in [0.15, 0.2) is 0 Å². The number of carboxylic acid groups (broad SMARTS) is 1. The summed E-state index contributed by atoms with van der Waals surface area (Å²) in [4.78, 5) is 38.3. The molecule has 0 spiro atoms. The number of carboxylic acids is 1. The van der Waals surface area contributed by atoms with Crippen molar-refractivity contribution in [2.75, 3.05) is 0 Å². The molecule has 2 rings (SSSR count). The molecule has 6 nitrogen and oxygen atoms in total. The molecule has 22 heavy (non-hydrogen) atoms. The third-order valence-electron chi connectivity index (χ3n) is 3.89. The Morgan fingerprint density at radius 3 is 2.64 bits per heavy atom. The fourth-order valence-electron chi connectivity index (χ4n) is 2.77. The Morgan fingerprint density at radius 2 is 2.00 bits per heavy atom. The topological polar surface area (TPSA) is 99.3 Å². The van der Waals surface area contributed by atoms with E-state index in [0.29, 0.717) is 6.42 Å². The summed E-state index contributed by atoms with van der Waals surface area (Å²) in [5.41, 5.74) is 1.42. The number of carbonyl (C=O) groups is 2. The number of aromatic amines is 1. The Bertz CT molecular complexity index is 634. The number of aliphatic carboxylic acids is 1. The van der Waals surface area contributed by atoms with Gasteiger partial charge in [-0.25, -0.2) is 4.79 Å². The van der Waals surface area contributed by atoms with Crippen LogP contribution in [0.1, 0.15) is 54.7 Å². The van der Waals surface area contributed by atoms with Crippen LogP contribution < -0.4 is 10.9 Å². The summed E-state index contributed by atoms with van der Waals surface area (Å²) < 4.78 is 0. The molecule has 1 aliphatic carbocycles. The minimum absolute atomic E-state index is 0.00402. The lowest BCUT2D eigenvalue weighted by Crippen LogP contribution is -2.43. The molecule has 0 aromatic carbocycles. The zero-order valence-corrected chi connectivity index (χ0v) is 12.9. The summed E-state index contributed by atoms with van der Waals surface area (Å²) >= 11 is 0. The van der Waals surface area contributed by atoms with Gasteiger partial charge in [-0.3, -0.25) is 9.59 Å². The second kappa shape index (κ2) is 6.77. The molecule has 1 aromatic heterocycles. The maximum atomic E-state index is 12.3. The third-order valence-corrected chi connectivity index (χ3v) is 3.89. The fourth-order valence-corrected chi connectivity index (χ4v) is 2.77. The van der Waals surface area contributed by atoms with Gasteiger partial charge in [0.05, 0.1) is 0 Å². The first-order chi connectivity index (χ1) is 10.4. The fraction of sp³-hybridized carbons (Fsp3) is 0.562. The smallest absolute Gasteiger partial charge is 0.326 e. The van der Waals surface area contributed by atoms with Gasteiger partial charge in [-0.15, -0.1) is 0 Å². The van der Waals surface area contributed by atoms with E-state index < -0.39 is 23.5 Å². The number of pyridine rings is 1. The van der Waals surface area contributed by atoms with Crippen molar-refractivity contribution >= 4 is 11.9 Å². The summed E-state index contributed by atoms with van der Waals surface area (Å²) in [6, 6.07) is 0.625. The van der Waals surface area contributed by atoms with Gasteiger partial charge in [0.25, 0.3) is 11.5 Å². The number of aryl methyl sites for hydroxylation is 2. The number of carbonyl (C=O) groups excluding carboxylic acids is 1. The average Bonchev–Trinajstić information content (AvgIpc) is 2.45. The Kier molecular flexibility index (Phi) is 5.00. The van der Waals surface area contributed by atoms with Gasteiger partial charge in [0, 0.05) is 5.69 Å². The molecule has 0 saturated carbocycles. The molecule has 1 aromatic rings. The van der Waals surface area contributed by atoms with E-state index in [1.54, 1.807) is 6.07 Å². The van der Waals surface area contributed by atoms with Crippen molar-refractivity contribution in [2.24, 2.45) is 5.92 Å². The van der Waals surface area contributed by atoms with Crippen LogP contribution >= 0.6 is 0 Å². The molecule has 0 fully saturated rings. The van der Waals surface area contributed by atoms with E-state index in [9.17, 15) is 19.5 Å². The van der Waals surface area contributed by atoms with Crippen molar-refractivity contribution in [3.63, 3.8) is 0 Å². The first-order valence-corrected chi connectivity index (χ1v) is 7.67. The number of nitrogens with one attached hydrogen (secondary N) is 2. The molecule has 0 saturated heterocycles. The maximum Gasteiger partial charge on any atom is 0.326 e. The van der Waals surface area contributed by atoms with Crippen molar-refractivity contribution < 1.29 is 14.7 Å². The SMILES string of the molecule is CC(C)C[C@H](NC(=O)c1cc2c([nH]c1=O)CCCC2)C(=O)O. The van der Waals surface area contributed by atoms with Gasteiger partial charge in [-0.2, -0.15) is 0 Å². The van der Waals surface area contributed by atoms with Gasteiger partial charge >= 0.3 is 5.97 Å². The van der Waals surface area contributed by atoms with E-state index in [1.165, 1.54) is 0 Å². The van der Waals surface area contributed by atoms with Crippen LogP contribution in [0.15, 0.2) is 10.9 Å². The van der Waals surface area contributed by atoms with Crippen LogP contribution in [0.3, 0.4) is 0 Å². The normalized spacial score (nSPS) is 15.2. The molecule has 1 aliphatic rings. The van der Waals surface area contributed by atoms with Gasteiger partial charge in [0.1, 0.15) is 11.6 Å². The monoisotopic (exact) mass is 306 g/mol. The number of fused-ring (bicyclic) bond motifs is 1. The van der Waals surface area contributed by atoms with Crippen LogP contribution in [-0.2, 0) is 17.6 Å². The Morgan fingerprint density at radius 1 is 1.32 bits per heavy atom. The van der Waals surface area contributed by atoms with Gasteiger partial charge in [-0.1, -0.05) is 13.8 Å². The Hall–Kier alpha value is -2.11. The van der Waals surface area contributed by atoms with Crippen molar-refractivity contribution in [2.45, 2.75) is 52.0 Å². The summed E-state index contributed by atoms with van der Waals surface area (Å²) in [6.45, 7) is 3.77. The molecular formula is C16H22N2O4. The zero-order valence-electron chi connectivity index (χ0n) is 12.9. The highest BCUT2D eigenvalue weighted by atomic mass is 16.4. The van der Waals surface area contributed by atoms with Crippen molar-refractivity contribution in [3.8, 4) is 0 Å². The Labute approximate surface area is 128 Å². The number of hydrogen-bond donors (Lipinski definition) is 3. The molecule has 6 heteroatoms. The lowest BCUT2D eigenvalue weighted by Gasteiger charge is -2.18. The van der Waals surface area contributed by atoms with E-state index in [2.05, 4.69) is 10.3 Å². The average molecular weight is 306 g/mol. The summed E-state index contributed by atoms with van der Waals surface area (Å²) in [5.74, 6) is -1.58. The van der Waals surface area contributed by atoms with E-state index in [4.69, 9.17) is 0 Å². The second-order valence-corrected chi connectivity index (χ2v) is 6.22. The largest absolute Gasteiger partial charge is 0.480 e. The lowest BCUT2D eigenvalue weighted by molar-refractivity contribution is -0.139. The highest BCUT2D eigenvalue weighted by molar-refractivity contribution is 5.96. The quantitative estimate of drug-likeness (QED) is 0.767. The van der Waals surface area contributed by atoms with Gasteiger partial charge < -0.3 is 15.4 Å². The molecule has 1 amide bonds. The van der Waals surface area contributed by atoms with Gasteiger partial charge in [0.2, 0.25) is 0 Å². The molecule has 3 N–H and O–H groups in total. The highest BCUT2D eigenvalue weighted by Crippen LogP contribution is 2.18. The van der Waals surface area contributed by atoms with Crippen molar-refractivity contribution in [3.05, 3.63) is 33.2 Å². The molecule has 0 unspecified atom stereocenters. The van der Waals surface area contributed by atoms with Crippen LogP contribution in [0.25, 0.3) is 0 Å². The minimum Gasteiger partial charge on any atom is -0.480 e. The molecule has 1 heterocycles. The lowest BCUT2D eigenvalue weighted by atomic mass is 9.95. The van der Waals surface area contributed by atoms with E-state index in [1.807, 2.05) is 13.8 Å². The third kappa shape index (κ3) is 3.75. The summed E-state index contributed by atoms with van der Waals surface area (Å²) in [7, 11) is 0. The standard InChI is InChI=1S/C16H22N2O4/c1-9(2)7-13(16(21)22)18-15(20)11-8-10-5-3-4-6-12(10)17-14(11)19/h8-9,13H,3-7H2,1-2H3,(H,17,19)(H,18,20)(H,21,22)/t13-/m0/s1. The highest BCUT2D eigenvalue weighted by Gasteiger charge is 2.24. The molecule has 120 valence electrons. The first kappa shape index (κ1) is 16.3. The molecule has 0 bridgehead atoms. The number of H-pyrrole nitrogens is 1. The van der Waals surface area contributed by atoms with Crippen molar-refractivity contribution in [1.29, 1.82) is 0 Å². The summed E-state index contributed by atoms with van der Waals surface area (Å²) in [5, 5.41) is 11.6.